The highest BCUT2D eigenvalue weighted by atomic mass is 35.5. The first-order chi connectivity index (χ1) is 10.6. The summed E-state index contributed by atoms with van der Waals surface area (Å²) in [7, 11) is 0. The van der Waals surface area contributed by atoms with Gasteiger partial charge in [0.05, 0.1) is 0 Å². The predicted octanol–water partition coefficient (Wildman–Crippen LogP) is 4.59. The number of halogens is 1. The maximum absolute atomic E-state index is 11.3. The highest BCUT2D eigenvalue weighted by molar-refractivity contribution is 6.30. The highest BCUT2D eigenvalue weighted by Crippen LogP contribution is 2.40. The van der Waals surface area contributed by atoms with Gasteiger partial charge in [0.2, 0.25) is 0 Å². The van der Waals surface area contributed by atoms with Crippen LogP contribution in [-0.4, -0.2) is 29.2 Å². The average molecular weight is 316 g/mol. The Bertz CT molecular complexity index is 659. The summed E-state index contributed by atoms with van der Waals surface area (Å²) in [5.74, 6) is 0.446. The summed E-state index contributed by atoms with van der Waals surface area (Å²) in [6, 6.07) is 18.1. The van der Waals surface area contributed by atoms with Gasteiger partial charge in [-0.1, -0.05) is 54.1 Å². The summed E-state index contributed by atoms with van der Waals surface area (Å²) < 4.78 is 0. The minimum absolute atomic E-state index is 0.131. The molecule has 1 heterocycles. The predicted molar refractivity (Wildman–Crippen MR) is 87.6 cm³/mol. The number of likely N-dealkylation sites (tertiary alicyclic amines) is 1. The quantitative estimate of drug-likeness (QED) is 0.880. The van der Waals surface area contributed by atoms with Crippen molar-refractivity contribution in [3.63, 3.8) is 0 Å². The monoisotopic (exact) mass is 315 g/mol. The second-order valence-electron chi connectivity index (χ2n) is 5.70. The molecule has 3 nitrogen and oxygen atoms in total. The lowest BCUT2D eigenvalue weighted by molar-refractivity contribution is 0.125. The van der Waals surface area contributed by atoms with Crippen LogP contribution in [0.2, 0.25) is 5.02 Å². The maximum Gasteiger partial charge on any atom is 0.407 e. The van der Waals surface area contributed by atoms with Gasteiger partial charge in [-0.3, -0.25) is 0 Å². The van der Waals surface area contributed by atoms with E-state index >= 15 is 0 Å². The molecular weight excluding hydrogens is 298 g/mol. The molecule has 0 bridgehead atoms. The van der Waals surface area contributed by atoms with Crippen molar-refractivity contribution in [3.8, 4) is 0 Å². The Kier molecular flexibility index (Phi) is 4.34. The fourth-order valence-electron chi connectivity index (χ4n) is 3.30. The molecule has 1 aliphatic rings. The highest BCUT2D eigenvalue weighted by Gasteiger charge is 2.33. The number of piperidine rings is 1. The van der Waals surface area contributed by atoms with E-state index in [2.05, 4.69) is 12.1 Å². The number of carboxylic acid groups (broad SMARTS) is 1. The van der Waals surface area contributed by atoms with Crippen molar-refractivity contribution in [2.24, 2.45) is 0 Å². The van der Waals surface area contributed by atoms with Crippen LogP contribution >= 0.6 is 11.6 Å². The summed E-state index contributed by atoms with van der Waals surface area (Å²) in [5, 5.41) is 10.0. The van der Waals surface area contributed by atoms with E-state index in [0.717, 1.165) is 12.0 Å². The van der Waals surface area contributed by atoms with E-state index in [1.807, 2.05) is 42.5 Å². The Labute approximate surface area is 135 Å². The van der Waals surface area contributed by atoms with Crippen molar-refractivity contribution >= 4 is 17.7 Å². The van der Waals surface area contributed by atoms with Crippen LogP contribution in [0.4, 0.5) is 4.79 Å². The maximum atomic E-state index is 11.3. The van der Waals surface area contributed by atoms with Crippen molar-refractivity contribution in [1.29, 1.82) is 0 Å². The van der Waals surface area contributed by atoms with Crippen LogP contribution in [0.1, 0.15) is 29.4 Å². The summed E-state index contributed by atoms with van der Waals surface area (Å²) in [5.41, 5.74) is 2.37. The largest absolute Gasteiger partial charge is 0.465 e. The third kappa shape index (κ3) is 3.09. The standard InChI is InChI=1S/C18H18ClNO2/c19-15-8-4-7-14(11-15)17-12-20(18(21)22)10-9-16(17)13-5-2-1-3-6-13/h1-8,11,16-17H,9-10,12H2,(H,21,22)/t16-,17-/m0/s1. The molecule has 4 heteroatoms. The molecule has 114 valence electrons. The van der Waals surface area contributed by atoms with Crippen LogP contribution < -0.4 is 0 Å². The molecule has 1 N–H and O–H groups in total. The fourth-order valence-corrected chi connectivity index (χ4v) is 3.50. The molecule has 1 saturated heterocycles. The summed E-state index contributed by atoms with van der Waals surface area (Å²) in [6.45, 7) is 1.08. The molecule has 0 radical (unpaired) electrons. The molecule has 2 aromatic rings. The molecule has 3 rings (SSSR count). The van der Waals surface area contributed by atoms with Gasteiger partial charge in [0.15, 0.2) is 0 Å². The molecule has 2 aromatic carbocycles. The van der Waals surface area contributed by atoms with E-state index in [1.165, 1.54) is 10.5 Å². The van der Waals surface area contributed by atoms with Crippen LogP contribution in [-0.2, 0) is 0 Å². The Morgan fingerprint density at radius 2 is 1.77 bits per heavy atom. The molecule has 0 unspecified atom stereocenters. The lowest BCUT2D eigenvalue weighted by Gasteiger charge is -2.38. The third-order valence-corrected chi connectivity index (χ3v) is 4.62. The Morgan fingerprint density at radius 1 is 1.05 bits per heavy atom. The second kappa shape index (κ2) is 6.41. The first-order valence-electron chi connectivity index (χ1n) is 7.43. The lowest BCUT2D eigenvalue weighted by Crippen LogP contribution is -2.41. The Morgan fingerprint density at radius 3 is 2.45 bits per heavy atom. The van der Waals surface area contributed by atoms with Crippen molar-refractivity contribution in [2.75, 3.05) is 13.1 Å². The second-order valence-corrected chi connectivity index (χ2v) is 6.13. The number of hydrogen-bond donors (Lipinski definition) is 1. The van der Waals surface area contributed by atoms with Gasteiger partial charge in [-0.05, 0) is 35.6 Å². The van der Waals surface area contributed by atoms with Crippen molar-refractivity contribution in [2.45, 2.75) is 18.3 Å². The normalized spacial score (nSPS) is 21.6. The van der Waals surface area contributed by atoms with Gasteiger partial charge in [-0.2, -0.15) is 0 Å². The zero-order valence-electron chi connectivity index (χ0n) is 12.2. The van der Waals surface area contributed by atoms with Gasteiger partial charge in [0.1, 0.15) is 0 Å². The van der Waals surface area contributed by atoms with Crippen molar-refractivity contribution in [1.82, 2.24) is 4.90 Å². The molecule has 0 aliphatic carbocycles. The van der Waals surface area contributed by atoms with E-state index in [9.17, 15) is 9.90 Å². The Hall–Kier alpha value is -2.00. The van der Waals surface area contributed by atoms with E-state index in [-0.39, 0.29) is 5.92 Å². The van der Waals surface area contributed by atoms with Gasteiger partial charge in [0.25, 0.3) is 0 Å². The topological polar surface area (TPSA) is 40.5 Å². The van der Waals surface area contributed by atoms with Gasteiger partial charge in [-0.25, -0.2) is 4.79 Å². The van der Waals surface area contributed by atoms with Crippen LogP contribution in [0, 0.1) is 0 Å². The molecule has 2 atom stereocenters. The van der Waals surface area contributed by atoms with E-state index in [0.29, 0.717) is 24.0 Å². The summed E-state index contributed by atoms with van der Waals surface area (Å²) >= 11 is 6.13. The molecule has 22 heavy (non-hydrogen) atoms. The van der Waals surface area contributed by atoms with Gasteiger partial charge < -0.3 is 10.0 Å². The third-order valence-electron chi connectivity index (χ3n) is 4.39. The van der Waals surface area contributed by atoms with Crippen molar-refractivity contribution < 1.29 is 9.90 Å². The van der Waals surface area contributed by atoms with E-state index in [4.69, 9.17) is 11.6 Å². The molecule has 1 amide bonds. The van der Waals surface area contributed by atoms with Crippen molar-refractivity contribution in [3.05, 3.63) is 70.7 Å². The number of amides is 1. The van der Waals surface area contributed by atoms with Gasteiger partial charge in [-0.15, -0.1) is 0 Å². The van der Waals surface area contributed by atoms with Crippen LogP contribution in [0.5, 0.6) is 0 Å². The fraction of sp³-hybridized carbons (Fsp3) is 0.278. The zero-order chi connectivity index (χ0) is 15.5. The molecule has 1 aliphatic heterocycles. The number of carbonyl (C=O) groups is 1. The smallest absolute Gasteiger partial charge is 0.407 e. The molecule has 0 aromatic heterocycles. The lowest BCUT2D eigenvalue weighted by atomic mass is 9.77. The SMILES string of the molecule is O=C(O)N1CC[C@@H](c2ccccc2)[C@H](c2cccc(Cl)c2)C1. The molecule has 1 fully saturated rings. The molecular formula is C18H18ClNO2. The molecule has 0 spiro atoms. The number of benzene rings is 2. The number of nitrogens with zero attached hydrogens (tertiary/aromatic N) is 1. The van der Waals surface area contributed by atoms with Crippen LogP contribution in [0.25, 0.3) is 0 Å². The minimum atomic E-state index is -0.849. The minimum Gasteiger partial charge on any atom is -0.465 e. The van der Waals surface area contributed by atoms with Gasteiger partial charge in [0, 0.05) is 24.0 Å². The number of rotatable bonds is 2. The molecule has 0 saturated carbocycles. The average Bonchev–Trinajstić information content (AvgIpc) is 2.55. The van der Waals surface area contributed by atoms with Crippen LogP contribution in [0.15, 0.2) is 54.6 Å². The summed E-state index contributed by atoms with van der Waals surface area (Å²) in [4.78, 5) is 12.8. The van der Waals surface area contributed by atoms with E-state index in [1.54, 1.807) is 0 Å². The van der Waals surface area contributed by atoms with Gasteiger partial charge >= 0.3 is 6.09 Å². The first kappa shape index (κ1) is 14.9. The zero-order valence-corrected chi connectivity index (χ0v) is 12.9. The van der Waals surface area contributed by atoms with Crippen LogP contribution in [0.3, 0.4) is 0 Å². The Balaban J connectivity index is 1.96. The summed E-state index contributed by atoms with van der Waals surface area (Å²) in [6.07, 6.45) is -0.0217. The first-order valence-corrected chi connectivity index (χ1v) is 7.81. The van der Waals surface area contributed by atoms with E-state index < -0.39 is 6.09 Å². The number of hydrogen-bond acceptors (Lipinski definition) is 1.